The lowest BCUT2D eigenvalue weighted by molar-refractivity contribution is -0.133. The minimum Gasteiger partial charge on any atom is -0.369 e. The summed E-state index contributed by atoms with van der Waals surface area (Å²) in [6, 6.07) is 7.86. The van der Waals surface area contributed by atoms with E-state index in [-0.39, 0.29) is 35.5 Å². The van der Waals surface area contributed by atoms with Gasteiger partial charge in [0, 0.05) is 45.4 Å². The fraction of sp³-hybridized carbons (Fsp3) is 0.526. The largest absolute Gasteiger partial charge is 0.369 e. The van der Waals surface area contributed by atoms with Crippen LogP contribution in [0.25, 0.3) is 0 Å². The van der Waals surface area contributed by atoms with Gasteiger partial charge >= 0.3 is 0 Å². The summed E-state index contributed by atoms with van der Waals surface area (Å²) in [5.41, 5.74) is 7.54. The minimum absolute atomic E-state index is 0.0309. The molecule has 2 rings (SSSR count). The first-order chi connectivity index (χ1) is 11.7. The quantitative estimate of drug-likeness (QED) is 0.874. The summed E-state index contributed by atoms with van der Waals surface area (Å²) >= 11 is 0. The van der Waals surface area contributed by atoms with Gasteiger partial charge in [-0.2, -0.15) is 0 Å². The van der Waals surface area contributed by atoms with Crippen molar-refractivity contribution >= 4 is 17.7 Å². The lowest BCUT2D eigenvalue weighted by Gasteiger charge is -2.20. The number of benzene rings is 1. The number of carbonyl (C=O) groups is 3. The number of amides is 3. The Hall–Kier alpha value is -2.37. The van der Waals surface area contributed by atoms with E-state index < -0.39 is 0 Å². The predicted octanol–water partition coefficient (Wildman–Crippen LogP) is 1.35. The lowest BCUT2D eigenvalue weighted by Crippen LogP contribution is -2.30. The molecule has 0 aliphatic carbocycles. The van der Waals surface area contributed by atoms with Crippen LogP contribution in [0.15, 0.2) is 24.3 Å². The Bertz CT molecular complexity index is 654. The molecule has 0 unspecified atom stereocenters. The first-order valence-corrected chi connectivity index (χ1v) is 8.59. The average Bonchev–Trinajstić information content (AvgIpc) is 3.00. The Morgan fingerprint density at radius 3 is 2.28 bits per heavy atom. The van der Waals surface area contributed by atoms with E-state index in [1.54, 1.807) is 16.8 Å². The van der Waals surface area contributed by atoms with Crippen LogP contribution in [-0.2, 0) is 20.9 Å². The second-order valence-corrected chi connectivity index (χ2v) is 7.13. The van der Waals surface area contributed by atoms with Crippen molar-refractivity contribution in [3.05, 3.63) is 35.4 Å². The first-order valence-electron chi connectivity index (χ1n) is 8.59. The summed E-state index contributed by atoms with van der Waals surface area (Å²) in [5.74, 6) is -0.785. The zero-order valence-electron chi connectivity index (χ0n) is 15.4. The molecule has 0 aromatic heterocycles. The molecule has 0 radical (unpaired) electrons. The van der Waals surface area contributed by atoms with E-state index in [2.05, 4.69) is 0 Å². The zero-order chi connectivity index (χ0) is 18.7. The standard InChI is InChI=1S/C19H27N3O3/c1-12(2)19(25)21(4)9-14-5-7-15(8-6-14)16-10-22(13(3)23)11-17(16)18(20)24/h5-8,12,16-17H,9-11H2,1-4H3,(H2,20,24)/t16-,17+/m1/s1. The highest BCUT2D eigenvalue weighted by Gasteiger charge is 2.38. The van der Waals surface area contributed by atoms with Crippen molar-refractivity contribution in [3.63, 3.8) is 0 Å². The molecule has 1 fully saturated rings. The van der Waals surface area contributed by atoms with Crippen LogP contribution in [0.3, 0.4) is 0 Å². The van der Waals surface area contributed by atoms with E-state index in [9.17, 15) is 14.4 Å². The van der Waals surface area contributed by atoms with E-state index in [1.807, 2.05) is 38.1 Å². The Kier molecular flexibility index (Phi) is 5.82. The molecule has 136 valence electrons. The van der Waals surface area contributed by atoms with Gasteiger partial charge < -0.3 is 15.5 Å². The molecule has 6 nitrogen and oxygen atoms in total. The van der Waals surface area contributed by atoms with Crippen molar-refractivity contribution in [3.8, 4) is 0 Å². The molecule has 1 aliphatic rings. The predicted molar refractivity (Wildman–Crippen MR) is 95.4 cm³/mol. The maximum Gasteiger partial charge on any atom is 0.225 e. The second-order valence-electron chi connectivity index (χ2n) is 7.13. The van der Waals surface area contributed by atoms with Crippen LogP contribution >= 0.6 is 0 Å². The van der Waals surface area contributed by atoms with Crippen molar-refractivity contribution in [1.82, 2.24) is 9.80 Å². The average molecular weight is 345 g/mol. The monoisotopic (exact) mass is 345 g/mol. The smallest absolute Gasteiger partial charge is 0.225 e. The molecule has 3 amide bonds. The highest BCUT2D eigenvalue weighted by molar-refractivity contribution is 5.81. The van der Waals surface area contributed by atoms with Crippen molar-refractivity contribution in [2.75, 3.05) is 20.1 Å². The minimum atomic E-state index is -0.375. The third-order valence-electron chi connectivity index (χ3n) is 4.83. The first kappa shape index (κ1) is 19.0. The number of nitrogens with two attached hydrogens (primary N) is 1. The zero-order valence-corrected chi connectivity index (χ0v) is 15.4. The molecule has 0 spiro atoms. The third-order valence-corrected chi connectivity index (χ3v) is 4.83. The van der Waals surface area contributed by atoms with Crippen LogP contribution in [0.2, 0.25) is 0 Å². The number of likely N-dealkylation sites (tertiary alicyclic amines) is 1. The van der Waals surface area contributed by atoms with Gasteiger partial charge in [0.15, 0.2) is 0 Å². The van der Waals surface area contributed by atoms with Gasteiger partial charge in [-0.25, -0.2) is 0 Å². The van der Waals surface area contributed by atoms with Gasteiger partial charge in [-0.3, -0.25) is 14.4 Å². The summed E-state index contributed by atoms with van der Waals surface area (Å²) in [6.07, 6.45) is 0. The number of nitrogens with zero attached hydrogens (tertiary/aromatic N) is 2. The van der Waals surface area contributed by atoms with E-state index in [1.165, 1.54) is 6.92 Å². The Balaban J connectivity index is 2.12. The summed E-state index contributed by atoms with van der Waals surface area (Å²) in [4.78, 5) is 38.7. The van der Waals surface area contributed by atoms with Gasteiger partial charge in [-0.15, -0.1) is 0 Å². The van der Waals surface area contributed by atoms with Crippen molar-refractivity contribution in [2.24, 2.45) is 17.6 Å². The summed E-state index contributed by atoms with van der Waals surface area (Å²) in [7, 11) is 1.79. The Morgan fingerprint density at radius 1 is 1.20 bits per heavy atom. The number of primary amides is 1. The van der Waals surface area contributed by atoms with Crippen LogP contribution in [0.5, 0.6) is 0 Å². The van der Waals surface area contributed by atoms with Crippen molar-refractivity contribution in [1.29, 1.82) is 0 Å². The topological polar surface area (TPSA) is 83.7 Å². The molecule has 1 saturated heterocycles. The molecule has 1 aromatic rings. The van der Waals surface area contributed by atoms with Gasteiger partial charge in [0.1, 0.15) is 0 Å². The molecular formula is C19H27N3O3. The molecule has 6 heteroatoms. The maximum atomic E-state index is 12.0. The number of hydrogen-bond acceptors (Lipinski definition) is 3. The van der Waals surface area contributed by atoms with Gasteiger partial charge in [-0.05, 0) is 11.1 Å². The normalized spacial score (nSPS) is 20.0. The Morgan fingerprint density at radius 2 is 1.80 bits per heavy atom. The van der Waals surface area contributed by atoms with Gasteiger partial charge in [0.05, 0.1) is 5.92 Å². The molecule has 1 heterocycles. The highest BCUT2D eigenvalue weighted by Crippen LogP contribution is 2.32. The molecule has 0 bridgehead atoms. The molecule has 2 atom stereocenters. The van der Waals surface area contributed by atoms with E-state index >= 15 is 0 Å². The van der Waals surface area contributed by atoms with E-state index in [0.717, 1.165) is 11.1 Å². The number of carbonyl (C=O) groups excluding carboxylic acids is 3. The molecule has 25 heavy (non-hydrogen) atoms. The maximum absolute atomic E-state index is 12.0. The molecule has 2 N–H and O–H groups in total. The van der Waals surface area contributed by atoms with Gasteiger partial charge in [0.25, 0.3) is 0 Å². The molecule has 1 aromatic carbocycles. The summed E-state index contributed by atoms with van der Waals surface area (Å²) < 4.78 is 0. The van der Waals surface area contributed by atoms with Gasteiger partial charge in [-0.1, -0.05) is 38.1 Å². The van der Waals surface area contributed by atoms with Crippen molar-refractivity contribution in [2.45, 2.75) is 33.2 Å². The van der Waals surface area contributed by atoms with Crippen LogP contribution in [0.4, 0.5) is 0 Å². The lowest BCUT2D eigenvalue weighted by atomic mass is 9.88. The van der Waals surface area contributed by atoms with Crippen LogP contribution < -0.4 is 5.73 Å². The number of rotatable bonds is 5. The van der Waals surface area contributed by atoms with E-state index in [0.29, 0.717) is 19.6 Å². The Labute approximate surface area is 149 Å². The molecule has 0 saturated carbocycles. The summed E-state index contributed by atoms with van der Waals surface area (Å²) in [6.45, 7) is 6.70. The van der Waals surface area contributed by atoms with Crippen LogP contribution in [-0.4, -0.2) is 47.7 Å². The fourth-order valence-corrected chi connectivity index (χ4v) is 3.35. The van der Waals surface area contributed by atoms with Crippen LogP contribution in [0.1, 0.15) is 37.8 Å². The van der Waals surface area contributed by atoms with E-state index in [4.69, 9.17) is 5.73 Å². The molecule has 1 aliphatic heterocycles. The second kappa shape index (κ2) is 7.68. The SMILES string of the molecule is CC(=O)N1C[C@H](C(N)=O)[C@@H](c2ccc(CN(C)C(=O)C(C)C)cc2)C1. The number of hydrogen-bond donors (Lipinski definition) is 1. The van der Waals surface area contributed by atoms with Crippen LogP contribution in [0, 0.1) is 11.8 Å². The molecular weight excluding hydrogens is 318 g/mol. The van der Waals surface area contributed by atoms with Crippen molar-refractivity contribution < 1.29 is 14.4 Å². The summed E-state index contributed by atoms with van der Waals surface area (Å²) in [5, 5.41) is 0. The fourth-order valence-electron chi connectivity index (χ4n) is 3.35. The third kappa shape index (κ3) is 4.38. The highest BCUT2D eigenvalue weighted by atomic mass is 16.2. The van der Waals surface area contributed by atoms with Gasteiger partial charge in [0.2, 0.25) is 17.7 Å².